The van der Waals surface area contributed by atoms with E-state index in [4.69, 9.17) is 4.74 Å². The van der Waals surface area contributed by atoms with E-state index < -0.39 is 6.04 Å². The number of ether oxygens (including phenoxy) is 1. The molecule has 0 saturated heterocycles. The molecule has 0 radical (unpaired) electrons. The third-order valence-electron chi connectivity index (χ3n) is 5.83. The Hall–Kier alpha value is -2.82. The second kappa shape index (κ2) is 12.1. The molecule has 1 atom stereocenters. The maximum absolute atomic E-state index is 13.2. The highest BCUT2D eigenvalue weighted by Crippen LogP contribution is 2.20. The standard InChI is InChI=1S/C26H34N2O3/c1-2-24(26(30)27-22-14-9-10-15-22)28(20-21-12-5-3-6-13-21)25(29)18-11-19-31-23-16-7-4-8-17-23/h3-8,12-13,16-17,22,24H,2,9-11,14-15,18-20H2,1H3,(H,27,30)/t24-/m1/s1. The van der Waals surface area contributed by atoms with Crippen LogP contribution in [0.4, 0.5) is 0 Å². The highest BCUT2D eigenvalue weighted by atomic mass is 16.5. The van der Waals surface area contributed by atoms with Crippen molar-refractivity contribution in [2.24, 2.45) is 0 Å². The van der Waals surface area contributed by atoms with Gasteiger partial charge in [-0.2, -0.15) is 0 Å². The molecule has 2 aromatic rings. The maximum Gasteiger partial charge on any atom is 0.243 e. The minimum atomic E-state index is -0.455. The first-order valence-corrected chi connectivity index (χ1v) is 11.5. The van der Waals surface area contributed by atoms with Crippen LogP contribution < -0.4 is 10.1 Å². The van der Waals surface area contributed by atoms with Crippen molar-refractivity contribution in [3.63, 3.8) is 0 Å². The van der Waals surface area contributed by atoms with Crippen LogP contribution in [0.5, 0.6) is 5.75 Å². The van der Waals surface area contributed by atoms with E-state index in [9.17, 15) is 9.59 Å². The fourth-order valence-corrected chi connectivity index (χ4v) is 4.14. The van der Waals surface area contributed by atoms with Crippen LogP contribution in [-0.2, 0) is 16.1 Å². The van der Waals surface area contributed by atoms with Gasteiger partial charge in [0, 0.05) is 19.0 Å². The number of benzene rings is 2. The van der Waals surface area contributed by atoms with Crippen LogP contribution in [0, 0.1) is 0 Å². The average molecular weight is 423 g/mol. The lowest BCUT2D eigenvalue weighted by Crippen LogP contribution is -2.50. The topological polar surface area (TPSA) is 58.6 Å². The molecule has 0 unspecified atom stereocenters. The van der Waals surface area contributed by atoms with Gasteiger partial charge in [0.2, 0.25) is 11.8 Å². The molecule has 1 aliphatic rings. The van der Waals surface area contributed by atoms with Gasteiger partial charge in [0.05, 0.1) is 6.61 Å². The number of carbonyl (C=O) groups is 2. The van der Waals surface area contributed by atoms with Crippen molar-refractivity contribution in [3.8, 4) is 5.75 Å². The highest BCUT2D eigenvalue weighted by Gasteiger charge is 2.30. The number of para-hydroxylation sites is 1. The molecule has 0 aromatic heterocycles. The molecule has 2 amide bonds. The lowest BCUT2D eigenvalue weighted by molar-refractivity contribution is -0.141. The summed E-state index contributed by atoms with van der Waals surface area (Å²) in [6.45, 7) is 2.89. The Balaban J connectivity index is 1.62. The van der Waals surface area contributed by atoms with E-state index in [2.05, 4.69) is 5.32 Å². The minimum Gasteiger partial charge on any atom is -0.494 e. The number of hydrogen-bond acceptors (Lipinski definition) is 3. The normalized spacial score (nSPS) is 14.7. The van der Waals surface area contributed by atoms with Crippen LogP contribution in [0.15, 0.2) is 60.7 Å². The Morgan fingerprint density at radius 1 is 1.03 bits per heavy atom. The van der Waals surface area contributed by atoms with Crippen molar-refractivity contribution in [2.45, 2.75) is 70.5 Å². The number of amides is 2. The zero-order valence-electron chi connectivity index (χ0n) is 18.5. The SMILES string of the molecule is CC[C@H](C(=O)NC1CCCC1)N(Cc1ccccc1)C(=O)CCCOc1ccccc1. The van der Waals surface area contributed by atoms with E-state index in [1.807, 2.05) is 67.6 Å². The van der Waals surface area contributed by atoms with Crippen LogP contribution in [-0.4, -0.2) is 35.4 Å². The third-order valence-corrected chi connectivity index (χ3v) is 5.83. The molecule has 1 saturated carbocycles. The van der Waals surface area contributed by atoms with E-state index >= 15 is 0 Å². The summed E-state index contributed by atoms with van der Waals surface area (Å²) in [6.07, 6.45) is 5.95. The molecule has 3 rings (SSSR count). The number of nitrogens with zero attached hydrogens (tertiary/aromatic N) is 1. The first kappa shape index (κ1) is 22.9. The third kappa shape index (κ3) is 7.12. The zero-order chi connectivity index (χ0) is 21.9. The number of carbonyl (C=O) groups excluding carboxylic acids is 2. The lowest BCUT2D eigenvalue weighted by Gasteiger charge is -2.31. The summed E-state index contributed by atoms with van der Waals surface area (Å²) in [5.41, 5.74) is 1.03. The molecule has 1 fully saturated rings. The van der Waals surface area contributed by atoms with Gasteiger partial charge in [-0.05, 0) is 43.4 Å². The van der Waals surface area contributed by atoms with Gasteiger partial charge in [0.15, 0.2) is 0 Å². The number of rotatable bonds is 11. The van der Waals surface area contributed by atoms with E-state index in [1.54, 1.807) is 4.90 Å². The molecule has 166 valence electrons. The smallest absolute Gasteiger partial charge is 0.243 e. The first-order valence-electron chi connectivity index (χ1n) is 11.5. The van der Waals surface area contributed by atoms with E-state index in [0.29, 0.717) is 32.4 Å². The predicted molar refractivity (Wildman–Crippen MR) is 123 cm³/mol. The monoisotopic (exact) mass is 422 g/mol. The largest absolute Gasteiger partial charge is 0.494 e. The van der Waals surface area contributed by atoms with Gasteiger partial charge in [0.25, 0.3) is 0 Å². The van der Waals surface area contributed by atoms with Crippen molar-refractivity contribution in [1.82, 2.24) is 10.2 Å². The lowest BCUT2D eigenvalue weighted by atomic mass is 10.1. The highest BCUT2D eigenvalue weighted by molar-refractivity contribution is 5.87. The second-order valence-electron chi connectivity index (χ2n) is 8.19. The van der Waals surface area contributed by atoms with Crippen LogP contribution in [0.3, 0.4) is 0 Å². The summed E-state index contributed by atoms with van der Waals surface area (Å²) in [4.78, 5) is 28.0. The Bertz CT molecular complexity index is 804. The van der Waals surface area contributed by atoms with Crippen LogP contribution >= 0.6 is 0 Å². The summed E-state index contributed by atoms with van der Waals surface area (Å²) in [5, 5.41) is 3.18. The fourth-order valence-electron chi connectivity index (χ4n) is 4.14. The summed E-state index contributed by atoms with van der Waals surface area (Å²) in [6, 6.07) is 19.3. The Kier molecular flexibility index (Phi) is 8.95. The van der Waals surface area contributed by atoms with Crippen LogP contribution in [0.1, 0.15) is 57.4 Å². The first-order chi connectivity index (χ1) is 15.2. The summed E-state index contributed by atoms with van der Waals surface area (Å²) < 4.78 is 5.73. The average Bonchev–Trinajstić information content (AvgIpc) is 3.31. The summed E-state index contributed by atoms with van der Waals surface area (Å²) in [7, 11) is 0. The van der Waals surface area contributed by atoms with Crippen molar-refractivity contribution in [1.29, 1.82) is 0 Å². The molecule has 0 bridgehead atoms. The molecule has 0 heterocycles. The Morgan fingerprint density at radius 3 is 2.32 bits per heavy atom. The van der Waals surface area contributed by atoms with Gasteiger partial charge in [-0.15, -0.1) is 0 Å². The van der Waals surface area contributed by atoms with Crippen LogP contribution in [0.2, 0.25) is 0 Å². The molecule has 2 aromatic carbocycles. The van der Waals surface area contributed by atoms with Gasteiger partial charge in [-0.1, -0.05) is 68.3 Å². The fraction of sp³-hybridized carbons (Fsp3) is 0.462. The molecule has 31 heavy (non-hydrogen) atoms. The summed E-state index contributed by atoms with van der Waals surface area (Å²) in [5.74, 6) is 0.770. The van der Waals surface area contributed by atoms with Gasteiger partial charge in [-0.3, -0.25) is 9.59 Å². The van der Waals surface area contributed by atoms with E-state index in [-0.39, 0.29) is 17.9 Å². The van der Waals surface area contributed by atoms with Crippen molar-refractivity contribution in [2.75, 3.05) is 6.61 Å². The second-order valence-corrected chi connectivity index (χ2v) is 8.19. The molecule has 5 heteroatoms. The molecular formula is C26H34N2O3. The van der Waals surface area contributed by atoms with Gasteiger partial charge >= 0.3 is 0 Å². The van der Waals surface area contributed by atoms with Crippen LogP contribution in [0.25, 0.3) is 0 Å². The molecular weight excluding hydrogens is 388 g/mol. The Morgan fingerprint density at radius 2 is 1.68 bits per heavy atom. The quantitative estimate of drug-likeness (QED) is 0.534. The van der Waals surface area contributed by atoms with Gasteiger partial charge in [-0.25, -0.2) is 0 Å². The van der Waals surface area contributed by atoms with E-state index in [0.717, 1.165) is 37.0 Å². The van der Waals surface area contributed by atoms with Gasteiger partial charge in [0.1, 0.15) is 11.8 Å². The number of hydrogen-bond donors (Lipinski definition) is 1. The van der Waals surface area contributed by atoms with Crippen molar-refractivity contribution in [3.05, 3.63) is 66.2 Å². The molecule has 0 aliphatic heterocycles. The minimum absolute atomic E-state index is 0.00561. The molecule has 5 nitrogen and oxygen atoms in total. The Labute approximate surface area is 185 Å². The molecule has 1 N–H and O–H groups in total. The zero-order valence-corrected chi connectivity index (χ0v) is 18.5. The maximum atomic E-state index is 13.2. The molecule has 1 aliphatic carbocycles. The van der Waals surface area contributed by atoms with E-state index in [1.165, 1.54) is 0 Å². The predicted octanol–water partition coefficient (Wildman–Crippen LogP) is 4.71. The van der Waals surface area contributed by atoms with Gasteiger partial charge < -0.3 is 15.0 Å². The number of nitrogens with one attached hydrogen (secondary N) is 1. The molecule has 0 spiro atoms. The van der Waals surface area contributed by atoms with Crippen molar-refractivity contribution < 1.29 is 14.3 Å². The summed E-state index contributed by atoms with van der Waals surface area (Å²) >= 11 is 0. The van der Waals surface area contributed by atoms with Crippen molar-refractivity contribution >= 4 is 11.8 Å².